The average molecular weight is 204 g/mol. The largest absolute Gasteiger partial charge is 0.349 e. The fourth-order valence-corrected chi connectivity index (χ4v) is 1.58. The molecular formula is C11H16N4. The number of nitrogens with zero attached hydrogens (tertiary/aromatic N) is 3. The van der Waals surface area contributed by atoms with Crippen molar-refractivity contribution in [1.82, 2.24) is 14.3 Å². The molecule has 2 aromatic rings. The van der Waals surface area contributed by atoms with Crippen LogP contribution in [-0.4, -0.2) is 14.3 Å². The van der Waals surface area contributed by atoms with E-state index in [9.17, 15) is 0 Å². The zero-order valence-corrected chi connectivity index (χ0v) is 8.93. The molecule has 0 fully saturated rings. The molecule has 0 unspecified atom stereocenters. The summed E-state index contributed by atoms with van der Waals surface area (Å²) in [6.07, 6.45) is 8.10. The van der Waals surface area contributed by atoms with E-state index in [0.29, 0.717) is 6.54 Å². The first-order valence-corrected chi connectivity index (χ1v) is 5.18. The molecule has 4 heteroatoms. The summed E-state index contributed by atoms with van der Waals surface area (Å²) < 4.78 is 4.06. The van der Waals surface area contributed by atoms with Crippen LogP contribution in [0.15, 0.2) is 30.9 Å². The third-order valence-electron chi connectivity index (χ3n) is 2.42. The molecule has 0 aromatic carbocycles. The van der Waals surface area contributed by atoms with Gasteiger partial charge in [-0.2, -0.15) is 5.10 Å². The van der Waals surface area contributed by atoms with Crippen molar-refractivity contribution in [1.29, 1.82) is 0 Å². The molecule has 80 valence electrons. The molecule has 0 bridgehead atoms. The molecule has 0 aliphatic carbocycles. The van der Waals surface area contributed by atoms with Crippen LogP contribution in [0.2, 0.25) is 0 Å². The average Bonchev–Trinajstić information content (AvgIpc) is 2.87. The van der Waals surface area contributed by atoms with E-state index in [0.717, 1.165) is 18.7 Å². The van der Waals surface area contributed by atoms with Crippen LogP contribution in [0.5, 0.6) is 0 Å². The van der Waals surface area contributed by atoms with Crippen molar-refractivity contribution in [2.24, 2.45) is 5.73 Å². The lowest BCUT2D eigenvalue weighted by Crippen LogP contribution is -1.97. The second-order valence-electron chi connectivity index (χ2n) is 3.60. The van der Waals surface area contributed by atoms with Gasteiger partial charge in [0.1, 0.15) is 0 Å². The lowest BCUT2D eigenvalue weighted by molar-refractivity contribution is 0.658. The van der Waals surface area contributed by atoms with E-state index in [-0.39, 0.29) is 0 Å². The predicted molar refractivity (Wildman–Crippen MR) is 59.3 cm³/mol. The summed E-state index contributed by atoms with van der Waals surface area (Å²) in [6.45, 7) is 4.46. The Labute approximate surface area is 89.3 Å². The topological polar surface area (TPSA) is 48.8 Å². The summed E-state index contributed by atoms with van der Waals surface area (Å²) in [7, 11) is 0. The molecule has 2 rings (SSSR count). The van der Waals surface area contributed by atoms with Gasteiger partial charge >= 0.3 is 0 Å². The Kier molecular flexibility index (Phi) is 2.87. The molecule has 0 aliphatic rings. The summed E-state index contributed by atoms with van der Waals surface area (Å²) in [5, 5.41) is 4.24. The molecule has 2 heterocycles. The van der Waals surface area contributed by atoms with Gasteiger partial charge in [-0.05, 0) is 18.6 Å². The van der Waals surface area contributed by atoms with Crippen LogP contribution in [0.25, 0.3) is 0 Å². The van der Waals surface area contributed by atoms with E-state index in [1.165, 1.54) is 5.56 Å². The number of nitrogens with two attached hydrogens (primary N) is 1. The van der Waals surface area contributed by atoms with Gasteiger partial charge in [-0.25, -0.2) is 0 Å². The van der Waals surface area contributed by atoms with Gasteiger partial charge in [0.25, 0.3) is 0 Å². The molecule has 0 spiro atoms. The van der Waals surface area contributed by atoms with Crippen molar-refractivity contribution in [2.45, 2.75) is 26.6 Å². The highest BCUT2D eigenvalue weighted by Gasteiger charge is 1.99. The van der Waals surface area contributed by atoms with Crippen LogP contribution in [0.1, 0.15) is 18.1 Å². The highest BCUT2D eigenvalue weighted by Crippen LogP contribution is 2.05. The van der Waals surface area contributed by atoms with Gasteiger partial charge < -0.3 is 10.3 Å². The monoisotopic (exact) mass is 204 g/mol. The van der Waals surface area contributed by atoms with Crippen molar-refractivity contribution in [3.63, 3.8) is 0 Å². The maximum absolute atomic E-state index is 5.55. The Bertz CT molecular complexity index is 387. The summed E-state index contributed by atoms with van der Waals surface area (Å²) in [5.74, 6) is 0. The Hall–Kier alpha value is -1.55. The van der Waals surface area contributed by atoms with Gasteiger partial charge in [0.2, 0.25) is 0 Å². The SMILES string of the molecule is CCn1cc(Cn2ccc(CN)c2)cn1. The highest BCUT2D eigenvalue weighted by molar-refractivity contribution is 5.12. The van der Waals surface area contributed by atoms with E-state index >= 15 is 0 Å². The summed E-state index contributed by atoms with van der Waals surface area (Å²) in [5.41, 5.74) is 7.94. The van der Waals surface area contributed by atoms with Gasteiger partial charge in [-0.1, -0.05) is 0 Å². The standard InChI is InChI=1S/C11H16N4/c1-2-15-9-11(6-13-15)8-14-4-3-10(5-12)7-14/h3-4,6-7,9H,2,5,8,12H2,1H3. The minimum Gasteiger partial charge on any atom is -0.349 e. The van der Waals surface area contributed by atoms with E-state index < -0.39 is 0 Å². The predicted octanol–water partition coefficient (Wildman–Crippen LogP) is 1.21. The molecule has 0 saturated heterocycles. The molecular weight excluding hydrogens is 188 g/mol. The number of hydrogen-bond acceptors (Lipinski definition) is 2. The van der Waals surface area contributed by atoms with Crippen LogP contribution in [0.4, 0.5) is 0 Å². The Balaban J connectivity index is 2.07. The molecule has 0 aliphatic heterocycles. The highest BCUT2D eigenvalue weighted by atomic mass is 15.3. The lowest BCUT2D eigenvalue weighted by atomic mass is 10.3. The molecule has 2 N–H and O–H groups in total. The summed E-state index contributed by atoms with van der Waals surface area (Å²) >= 11 is 0. The van der Waals surface area contributed by atoms with Crippen molar-refractivity contribution in [3.8, 4) is 0 Å². The Morgan fingerprint density at radius 2 is 2.20 bits per heavy atom. The molecule has 2 aromatic heterocycles. The maximum atomic E-state index is 5.55. The minimum absolute atomic E-state index is 0.598. The van der Waals surface area contributed by atoms with Gasteiger partial charge in [0, 0.05) is 37.2 Å². The first kappa shape index (κ1) is 9.98. The van der Waals surface area contributed by atoms with Crippen molar-refractivity contribution in [2.75, 3.05) is 0 Å². The number of hydrogen-bond donors (Lipinski definition) is 1. The second-order valence-corrected chi connectivity index (χ2v) is 3.60. The molecule has 0 radical (unpaired) electrons. The van der Waals surface area contributed by atoms with Crippen LogP contribution in [0, 0.1) is 0 Å². The van der Waals surface area contributed by atoms with Crippen molar-refractivity contribution in [3.05, 3.63) is 42.0 Å². The zero-order chi connectivity index (χ0) is 10.7. The van der Waals surface area contributed by atoms with Crippen LogP contribution < -0.4 is 5.73 Å². The molecule has 15 heavy (non-hydrogen) atoms. The van der Waals surface area contributed by atoms with E-state index in [2.05, 4.69) is 29.0 Å². The fraction of sp³-hybridized carbons (Fsp3) is 0.364. The van der Waals surface area contributed by atoms with Gasteiger partial charge in [0.05, 0.1) is 12.7 Å². The van der Waals surface area contributed by atoms with Crippen LogP contribution in [-0.2, 0) is 19.6 Å². The smallest absolute Gasteiger partial charge is 0.0539 e. The number of aryl methyl sites for hydroxylation is 1. The summed E-state index contributed by atoms with van der Waals surface area (Å²) in [4.78, 5) is 0. The normalized spacial score (nSPS) is 10.8. The molecule has 4 nitrogen and oxygen atoms in total. The van der Waals surface area contributed by atoms with Gasteiger partial charge in [-0.3, -0.25) is 4.68 Å². The fourth-order valence-electron chi connectivity index (χ4n) is 1.58. The number of rotatable bonds is 4. The quantitative estimate of drug-likeness (QED) is 0.813. The maximum Gasteiger partial charge on any atom is 0.0539 e. The summed E-state index contributed by atoms with van der Waals surface area (Å²) in [6, 6.07) is 2.05. The van der Waals surface area contributed by atoms with Crippen molar-refractivity contribution < 1.29 is 0 Å². The van der Waals surface area contributed by atoms with E-state index in [1.54, 1.807) is 0 Å². The van der Waals surface area contributed by atoms with E-state index in [1.807, 2.05) is 23.1 Å². The lowest BCUT2D eigenvalue weighted by Gasteiger charge is -1.98. The molecule has 0 saturated carbocycles. The Morgan fingerprint density at radius 1 is 1.33 bits per heavy atom. The first-order valence-electron chi connectivity index (χ1n) is 5.18. The Morgan fingerprint density at radius 3 is 2.80 bits per heavy atom. The minimum atomic E-state index is 0.598. The van der Waals surface area contributed by atoms with Gasteiger partial charge in [-0.15, -0.1) is 0 Å². The van der Waals surface area contributed by atoms with Crippen LogP contribution in [0.3, 0.4) is 0 Å². The van der Waals surface area contributed by atoms with Gasteiger partial charge in [0.15, 0.2) is 0 Å². The first-order chi connectivity index (χ1) is 7.31. The van der Waals surface area contributed by atoms with Crippen LogP contribution >= 0.6 is 0 Å². The van der Waals surface area contributed by atoms with Crippen molar-refractivity contribution >= 4 is 0 Å². The second kappa shape index (κ2) is 4.31. The van der Waals surface area contributed by atoms with E-state index in [4.69, 9.17) is 5.73 Å². The third kappa shape index (κ3) is 2.27. The molecule has 0 atom stereocenters. The molecule has 0 amide bonds. The third-order valence-corrected chi connectivity index (χ3v) is 2.42. The zero-order valence-electron chi connectivity index (χ0n) is 8.93. The number of aromatic nitrogens is 3.